The van der Waals surface area contributed by atoms with Gasteiger partial charge in [-0.2, -0.15) is 8.42 Å². The number of thiazole rings is 1. The second-order valence-corrected chi connectivity index (χ2v) is 4.31. The molecular weight excluding hydrogens is 186 g/mol. The van der Waals surface area contributed by atoms with Crippen LogP contribution in [0.1, 0.15) is 5.69 Å². The molecule has 0 N–H and O–H groups in total. The Morgan fingerprint density at radius 3 is 2.91 bits per heavy atom. The lowest BCUT2D eigenvalue weighted by molar-refractivity contribution is 0.308. The van der Waals surface area contributed by atoms with Crippen molar-refractivity contribution in [1.29, 1.82) is 0 Å². The van der Waals surface area contributed by atoms with Gasteiger partial charge in [0.15, 0.2) is 0 Å². The largest absolute Gasteiger partial charge is 0.264 e. The van der Waals surface area contributed by atoms with E-state index in [0.29, 0.717) is 5.69 Å². The van der Waals surface area contributed by atoms with Gasteiger partial charge in [-0.1, -0.05) is 0 Å². The molecule has 0 spiro atoms. The van der Waals surface area contributed by atoms with Gasteiger partial charge in [0.05, 0.1) is 17.5 Å². The molecule has 0 amide bonds. The van der Waals surface area contributed by atoms with Gasteiger partial charge >= 0.3 is 0 Å². The van der Waals surface area contributed by atoms with Crippen LogP contribution in [0.25, 0.3) is 0 Å². The van der Waals surface area contributed by atoms with Gasteiger partial charge in [-0.05, 0) is 0 Å². The molecule has 0 radical (unpaired) electrons. The Morgan fingerprint density at radius 2 is 2.45 bits per heavy atom. The Balaban J connectivity index is 2.48. The van der Waals surface area contributed by atoms with E-state index in [1.54, 1.807) is 10.9 Å². The number of aromatic nitrogens is 1. The van der Waals surface area contributed by atoms with Crippen molar-refractivity contribution in [3.8, 4) is 0 Å². The Labute approximate surface area is 69.0 Å². The van der Waals surface area contributed by atoms with E-state index in [-0.39, 0.29) is 6.61 Å². The third-order valence-corrected chi connectivity index (χ3v) is 2.09. The maximum Gasteiger partial charge on any atom is 0.264 e. The third kappa shape index (κ3) is 3.45. The van der Waals surface area contributed by atoms with Gasteiger partial charge in [-0.15, -0.1) is 11.3 Å². The molecule has 1 aromatic rings. The van der Waals surface area contributed by atoms with Gasteiger partial charge in [0.2, 0.25) is 0 Å². The molecular formula is C5H7NO3S2. The van der Waals surface area contributed by atoms with Crippen LogP contribution < -0.4 is 0 Å². The van der Waals surface area contributed by atoms with E-state index < -0.39 is 10.1 Å². The summed E-state index contributed by atoms with van der Waals surface area (Å²) in [5.41, 5.74) is 2.27. The van der Waals surface area contributed by atoms with Crippen molar-refractivity contribution in [2.45, 2.75) is 6.61 Å². The van der Waals surface area contributed by atoms with E-state index >= 15 is 0 Å². The van der Waals surface area contributed by atoms with E-state index in [2.05, 4.69) is 9.17 Å². The maximum absolute atomic E-state index is 10.5. The van der Waals surface area contributed by atoms with Crippen LogP contribution in [0.4, 0.5) is 0 Å². The van der Waals surface area contributed by atoms with Crippen molar-refractivity contribution in [2.75, 3.05) is 6.26 Å². The summed E-state index contributed by atoms with van der Waals surface area (Å²) in [5.74, 6) is 0. The predicted molar refractivity (Wildman–Crippen MR) is 41.7 cm³/mol. The van der Waals surface area contributed by atoms with Gasteiger partial charge in [0.1, 0.15) is 6.61 Å². The van der Waals surface area contributed by atoms with Crippen molar-refractivity contribution in [3.05, 3.63) is 16.6 Å². The summed E-state index contributed by atoms with van der Waals surface area (Å²) in [6.07, 6.45) is 1.01. The summed E-state index contributed by atoms with van der Waals surface area (Å²) in [7, 11) is -3.34. The minimum absolute atomic E-state index is 0.0301. The summed E-state index contributed by atoms with van der Waals surface area (Å²) >= 11 is 1.40. The van der Waals surface area contributed by atoms with Gasteiger partial charge in [-0.25, -0.2) is 4.98 Å². The van der Waals surface area contributed by atoms with E-state index in [1.165, 1.54) is 11.3 Å². The maximum atomic E-state index is 10.5. The zero-order chi connectivity index (χ0) is 8.32. The SMILES string of the molecule is CS(=O)(=O)OCc1cscn1. The lowest BCUT2D eigenvalue weighted by Gasteiger charge is -1.95. The van der Waals surface area contributed by atoms with Crippen molar-refractivity contribution in [1.82, 2.24) is 4.98 Å². The highest BCUT2D eigenvalue weighted by Gasteiger charge is 2.02. The summed E-state index contributed by atoms with van der Waals surface area (Å²) in [5, 5.41) is 1.74. The predicted octanol–water partition coefficient (Wildman–Crippen LogP) is 0.619. The van der Waals surface area contributed by atoms with Crippen LogP contribution in [0.2, 0.25) is 0 Å². The highest BCUT2D eigenvalue weighted by atomic mass is 32.2. The Kier molecular flexibility index (Phi) is 2.58. The first-order valence-corrected chi connectivity index (χ1v) is 5.55. The molecule has 6 heteroatoms. The van der Waals surface area contributed by atoms with E-state index in [1.807, 2.05) is 0 Å². The van der Waals surface area contributed by atoms with E-state index in [4.69, 9.17) is 0 Å². The van der Waals surface area contributed by atoms with Gasteiger partial charge in [0, 0.05) is 5.38 Å². The summed E-state index contributed by atoms with van der Waals surface area (Å²) < 4.78 is 25.4. The fraction of sp³-hybridized carbons (Fsp3) is 0.400. The van der Waals surface area contributed by atoms with Crippen LogP contribution in [-0.4, -0.2) is 19.7 Å². The molecule has 0 unspecified atom stereocenters. The summed E-state index contributed by atoms with van der Waals surface area (Å²) in [6, 6.07) is 0. The standard InChI is InChI=1S/C5H7NO3S2/c1-11(7,8)9-2-5-3-10-4-6-5/h3-4H,2H2,1H3. The first kappa shape index (κ1) is 8.63. The van der Waals surface area contributed by atoms with E-state index in [0.717, 1.165) is 6.26 Å². The molecule has 0 aliphatic heterocycles. The number of nitrogens with zero attached hydrogens (tertiary/aromatic N) is 1. The van der Waals surface area contributed by atoms with Crippen molar-refractivity contribution >= 4 is 21.5 Å². The van der Waals surface area contributed by atoms with E-state index in [9.17, 15) is 8.42 Å². The molecule has 0 atom stereocenters. The minimum Gasteiger partial charge on any atom is -0.264 e. The Hall–Kier alpha value is -0.460. The summed E-state index contributed by atoms with van der Waals surface area (Å²) in [4.78, 5) is 3.85. The fourth-order valence-electron chi connectivity index (χ4n) is 0.476. The van der Waals surface area contributed by atoms with Crippen LogP contribution in [0, 0.1) is 0 Å². The van der Waals surface area contributed by atoms with Crippen LogP contribution in [-0.2, 0) is 20.9 Å². The number of rotatable bonds is 3. The van der Waals surface area contributed by atoms with Crippen molar-refractivity contribution < 1.29 is 12.6 Å². The second-order valence-electron chi connectivity index (χ2n) is 1.95. The molecule has 1 heterocycles. The average molecular weight is 193 g/mol. The van der Waals surface area contributed by atoms with Crippen LogP contribution in [0.5, 0.6) is 0 Å². The smallest absolute Gasteiger partial charge is 0.264 e. The van der Waals surface area contributed by atoms with Crippen LogP contribution in [0.3, 0.4) is 0 Å². The van der Waals surface area contributed by atoms with Crippen molar-refractivity contribution in [2.24, 2.45) is 0 Å². The number of hydrogen-bond donors (Lipinski definition) is 0. The molecule has 0 bridgehead atoms. The van der Waals surface area contributed by atoms with Crippen molar-refractivity contribution in [3.63, 3.8) is 0 Å². The Bertz CT molecular complexity index is 302. The first-order valence-electron chi connectivity index (χ1n) is 2.79. The zero-order valence-electron chi connectivity index (χ0n) is 5.85. The normalized spacial score (nSPS) is 11.7. The number of hydrogen-bond acceptors (Lipinski definition) is 5. The highest BCUT2D eigenvalue weighted by molar-refractivity contribution is 7.85. The molecule has 0 aliphatic carbocycles. The second kappa shape index (κ2) is 3.29. The first-order chi connectivity index (χ1) is 5.08. The molecule has 0 saturated heterocycles. The minimum atomic E-state index is -3.34. The molecule has 62 valence electrons. The quantitative estimate of drug-likeness (QED) is 0.660. The zero-order valence-corrected chi connectivity index (χ0v) is 7.48. The lowest BCUT2D eigenvalue weighted by atomic mass is 10.5. The van der Waals surface area contributed by atoms with Crippen LogP contribution in [0.15, 0.2) is 10.9 Å². The van der Waals surface area contributed by atoms with Gasteiger partial charge in [0.25, 0.3) is 10.1 Å². The topological polar surface area (TPSA) is 56.3 Å². The molecule has 1 rings (SSSR count). The lowest BCUT2D eigenvalue weighted by Crippen LogP contribution is -2.02. The molecule has 0 fully saturated rings. The van der Waals surface area contributed by atoms with Crippen LogP contribution >= 0.6 is 11.3 Å². The summed E-state index contributed by atoms with van der Waals surface area (Å²) in [6.45, 7) is 0.0301. The fourth-order valence-corrected chi connectivity index (χ4v) is 1.35. The molecule has 4 nitrogen and oxygen atoms in total. The molecule has 0 aromatic carbocycles. The molecule has 0 aliphatic rings. The Morgan fingerprint density at radius 1 is 1.73 bits per heavy atom. The van der Waals surface area contributed by atoms with Gasteiger partial charge in [-0.3, -0.25) is 4.18 Å². The third-order valence-electron chi connectivity index (χ3n) is 0.904. The molecule has 1 aromatic heterocycles. The monoisotopic (exact) mass is 193 g/mol. The highest BCUT2D eigenvalue weighted by Crippen LogP contribution is 2.03. The average Bonchev–Trinajstić information content (AvgIpc) is 2.32. The molecule has 0 saturated carbocycles. The molecule has 11 heavy (non-hydrogen) atoms. The van der Waals surface area contributed by atoms with Gasteiger partial charge < -0.3 is 0 Å².